The summed E-state index contributed by atoms with van der Waals surface area (Å²) in [4.78, 5) is 2.31. The van der Waals surface area contributed by atoms with Gasteiger partial charge in [0, 0.05) is 50.4 Å². The van der Waals surface area contributed by atoms with E-state index in [1.807, 2.05) is 0 Å². The largest absolute Gasteiger partial charge is 0.392 e. The Balaban J connectivity index is 1.68. The highest BCUT2D eigenvalue weighted by molar-refractivity contribution is 5.40. The van der Waals surface area contributed by atoms with Crippen LogP contribution in [0.3, 0.4) is 0 Å². The topological polar surface area (TPSA) is 103 Å². The van der Waals surface area contributed by atoms with E-state index in [1.54, 1.807) is 14.2 Å². The van der Waals surface area contributed by atoms with Gasteiger partial charge in [0.05, 0.1) is 30.5 Å². The Morgan fingerprint density at radius 3 is 2.50 bits per heavy atom. The minimum atomic E-state index is -1.57. The van der Waals surface area contributed by atoms with Crippen LogP contribution < -0.4 is 0 Å². The number of fused-ring (bicyclic) bond motifs is 2. The van der Waals surface area contributed by atoms with Gasteiger partial charge in [-0.25, -0.2) is 0 Å². The van der Waals surface area contributed by atoms with Gasteiger partial charge in [0.2, 0.25) is 0 Å². The molecule has 0 aromatic carbocycles. The molecule has 0 amide bonds. The lowest BCUT2D eigenvalue weighted by atomic mass is 9.43. The average molecular weight is 424 g/mol. The summed E-state index contributed by atoms with van der Waals surface area (Å²) < 4.78 is 11.8. The number of hydrogen-bond donors (Lipinski definition) is 4. The second kappa shape index (κ2) is 5.79. The number of aliphatic hydroxyl groups is 4. The fraction of sp³-hybridized carbons (Fsp3) is 1.00. The lowest BCUT2D eigenvalue weighted by Gasteiger charge is -2.69. The van der Waals surface area contributed by atoms with Crippen LogP contribution in [0.4, 0.5) is 0 Å². The van der Waals surface area contributed by atoms with Crippen LogP contribution >= 0.6 is 0 Å². The van der Waals surface area contributed by atoms with Crippen LogP contribution in [0.2, 0.25) is 0 Å². The Morgan fingerprint density at radius 1 is 1.13 bits per heavy atom. The molecule has 13 atom stereocenters. The van der Waals surface area contributed by atoms with Crippen LogP contribution in [-0.2, 0) is 9.47 Å². The highest BCUT2D eigenvalue weighted by Gasteiger charge is 2.90. The van der Waals surface area contributed by atoms with Gasteiger partial charge in [-0.15, -0.1) is 0 Å². The third-order valence-electron chi connectivity index (χ3n) is 11.0. The highest BCUT2D eigenvalue weighted by atomic mass is 16.5. The van der Waals surface area contributed by atoms with E-state index in [-0.39, 0.29) is 35.3 Å². The summed E-state index contributed by atoms with van der Waals surface area (Å²) >= 11 is 0. The Labute approximate surface area is 178 Å². The van der Waals surface area contributed by atoms with Crippen LogP contribution in [0, 0.1) is 34.5 Å². The molecule has 30 heavy (non-hydrogen) atoms. The fourth-order valence-corrected chi connectivity index (χ4v) is 10.4. The standard InChI is InChI=1S/C23H37NO6/c1-5-24-10-20(2)7-6-14(25)22-12-8-11-13(29-3)9-21(27,15(12)16(11)26)23(28,19(22)24)18(30-4)17(20)22/h11-19,25-28H,5-10H2,1-4H3/t11-,12-,13+,14+,15-,16+,17-,18+,19?,20+,21-,22+,23-/m1/s1. The van der Waals surface area contributed by atoms with Crippen molar-refractivity contribution in [3.63, 3.8) is 0 Å². The lowest BCUT2D eigenvalue weighted by molar-refractivity contribution is -0.315. The van der Waals surface area contributed by atoms with Crippen LogP contribution in [-0.4, -0.2) is 94.3 Å². The zero-order valence-electron chi connectivity index (χ0n) is 18.5. The number of rotatable bonds is 3. The van der Waals surface area contributed by atoms with Crippen LogP contribution in [0.1, 0.15) is 39.5 Å². The van der Waals surface area contributed by atoms with Gasteiger partial charge in [0.25, 0.3) is 0 Å². The zero-order chi connectivity index (χ0) is 21.4. The van der Waals surface area contributed by atoms with Gasteiger partial charge < -0.3 is 29.9 Å². The SMILES string of the molecule is CCN1C[C@]2(C)CC[C@H](O)[C@]34C1[C@](O)([C@@H](OC)[C@H]23)[C@@]1(O)C[C@H](OC)[C@H]2C[C@@H]4[C@@H]1[C@H]2O. The van der Waals surface area contributed by atoms with Crippen molar-refractivity contribution in [1.29, 1.82) is 0 Å². The molecular weight excluding hydrogens is 386 g/mol. The number of aliphatic hydroxyl groups excluding tert-OH is 2. The second-order valence-corrected chi connectivity index (χ2v) is 11.6. The van der Waals surface area contributed by atoms with Crippen molar-refractivity contribution in [3.8, 4) is 0 Å². The van der Waals surface area contributed by atoms with E-state index in [9.17, 15) is 20.4 Å². The van der Waals surface area contributed by atoms with E-state index in [0.29, 0.717) is 12.8 Å². The van der Waals surface area contributed by atoms with Crippen molar-refractivity contribution in [2.45, 2.75) is 81.2 Å². The van der Waals surface area contributed by atoms with Gasteiger partial charge in [0.15, 0.2) is 0 Å². The molecule has 6 aliphatic rings. The molecule has 5 aliphatic carbocycles. The van der Waals surface area contributed by atoms with Crippen molar-refractivity contribution in [1.82, 2.24) is 4.90 Å². The molecule has 0 aromatic rings. The molecule has 7 bridgehead atoms. The van der Waals surface area contributed by atoms with Gasteiger partial charge in [0.1, 0.15) is 11.2 Å². The number of ether oxygens (including phenoxy) is 2. The Hall–Kier alpha value is -0.280. The maximum atomic E-state index is 12.7. The summed E-state index contributed by atoms with van der Waals surface area (Å²) in [6.45, 7) is 5.96. The smallest absolute Gasteiger partial charge is 0.136 e. The molecule has 5 saturated carbocycles. The number of piperidine rings is 1. The minimum absolute atomic E-state index is 0.0527. The molecule has 7 heteroatoms. The summed E-state index contributed by atoms with van der Waals surface area (Å²) in [5.74, 6) is -0.656. The Bertz CT molecular complexity index is 766. The second-order valence-electron chi connectivity index (χ2n) is 11.6. The predicted octanol–water partition coefficient (Wildman–Crippen LogP) is -0.00960. The summed E-state index contributed by atoms with van der Waals surface area (Å²) in [6, 6.07) is -0.388. The first-order chi connectivity index (χ1) is 14.2. The van der Waals surface area contributed by atoms with Crippen molar-refractivity contribution in [2.24, 2.45) is 34.5 Å². The molecule has 1 aliphatic heterocycles. The quantitative estimate of drug-likeness (QED) is 0.506. The third kappa shape index (κ3) is 1.74. The Morgan fingerprint density at radius 2 is 1.87 bits per heavy atom. The predicted molar refractivity (Wildman–Crippen MR) is 108 cm³/mol. The van der Waals surface area contributed by atoms with Crippen LogP contribution in [0.5, 0.6) is 0 Å². The van der Waals surface area contributed by atoms with E-state index < -0.39 is 40.8 Å². The molecule has 1 unspecified atom stereocenters. The summed E-state index contributed by atoms with van der Waals surface area (Å²) in [7, 11) is 3.26. The van der Waals surface area contributed by atoms with E-state index in [4.69, 9.17) is 9.47 Å². The maximum absolute atomic E-state index is 12.7. The maximum Gasteiger partial charge on any atom is 0.136 e. The first kappa shape index (κ1) is 20.3. The molecule has 6 fully saturated rings. The first-order valence-corrected chi connectivity index (χ1v) is 11.8. The van der Waals surface area contributed by atoms with Crippen molar-refractivity contribution >= 4 is 0 Å². The molecular formula is C23H37NO6. The number of likely N-dealkylation sites (tertiary alicyclic amines) is 1. The molecule has 6 rings (SSSR count). The molecule has 1 spiro atoms. The van der Waals surface area contributed by atoms with E-state index in [0.717, 1.165) is 25.9 Å². The lowest BCUT2D eigenvalue weighted by Crippen LogP contribution is -2.81. The minimum Gasteiger partial charge on any atom is -0.392 e. The van der Waals surface area contributed by atoms with Gasteiger partial charge >= 0.3 is 0 Å². The van der Waals surface area contributed by atoms with Crippen LogP contribution in [0.15, 0.2) is 0 Å². The summed E-state index contributed by atoms with van der Waals surface area (Å²) in [6.07, 6.45) is 0.370. The monoisotopic (exact) mass is 423 g/mol. The molecule has 1 saturated heterocycles. The summed E-state index contributed by atoms with van der Waals surface area (Å²) in [5.41, 5.74) is -3.79. The van der Waals surface area contributed by atoms with Gasteiger partial charge in [-0.3, -0.25) is 4.90 Å². The zero-order valence-corrected chi connectivity index (χ0v) is 18.5. The first-order valence-electron chi connectivity index (χ1n) is 11.8. The average Bonchev–Trinajstić information content (AvgIpc) is 3.09. The van der Waals surface area contributed by atoms with Crippen LogP contribution in [0.25, 0.3) is 0 Å². The summed E-state index contributed by atoms with van der Waals surface area (Å²) in [5, 5.41) is 48.1. The van der Waals surface area contributed by atoms with E-state index in [1.165, 1.54) is 0 Å². The number of nitrogens with zero attached hydrogens (tertiary/aromatic N) is 1. The fourth-order valence-electron chi connectivity index (χ4n) is 10.4. The number of likely N-dealkylation sites (N-methyl/N-ethyl adjacent to an activating group) is 1. The molecule has 0 radical (unpaired) electrons. The molecule has 7 nitrogen and oxygen atoms in total. The molecule has 1 heterocycles. The van der Waals surface area contributed by atoms with Gasteiger partial charge in [-0.1, -0.05) is 13.8 Å². The van der Waals surface area contributed by atoms with Crippen molar-refractivity contribution in [3.05, 3.63) is 0 Å². The number of hydrogen-bond acceptors (Lipinski definition) is 7. The normalized spacial score (nSPS) is 65.8. The van der Waals surface area contributed by atoms with E-state index in [2.05, 4.69) is 18.7 Å². The molecule has 4 N–H and O–H groups in total. The highest BCUT2D eigenvalue weighted by Crippen LogP contribution is 2.80. The third-order valence-corrected chi connectivity index (χ3v) is 11.0. The van der Waals surface area contributed by atoms with Gasteiger partial charge in [-0.2, -0.15) is 0 Å². The van der Waals surface area contributed by atoms with E-state index >= 15 is 0 Å². The number of methoxy groups -OCH3 is 2. The van der Waals surface area contributed by atoms with Gasteiger partial charge in [-0.05, 0) is 37.1 Å². The molecule has 0 aromatic heterocycles. The molecule has 170 valence electrons. The van der Waals surface area contributed by atoms with Crippen molar-refractivity contribution < 1.29 is 29.9 Å². The van der Waals surface area contributed by atoms with Crippen molar-refractivity contribution in [2.75, 3.05) is 27.3 Å². The Kier molecular flexibility index (Phi) is 3.93.